The first-order valence-electron chi connectivity index (χ1n) is 10.9. The number of aliphatic hydroxyl groups excluding tert-OH is 1. The van der Waals surface area contributed by atoms with Gasteiger partial charge in [-0.1, -0.05) is 48.7 Å². The van der Waals surface area contributed by atoms with Crippen molar-refractivity contribution < 1.29 is 33.6 Å². The van der Waals surface area contributed by atoms with Gasteiger partial charge in [0, 0.05) is 12.1 Å². The summed E-state index contributed by atoms with van der Waals surface area (Å²) in [7, 11) is 5.70. The second kappa shape index (κ2) is 11.1. The molecule has 188 valence electrons. The number of aliphatic hydroxyl groups is 1. The van der Waals surface area contributed by atoms with E-state index in [0.717, 1.165) is 6.42 Å². The van der Waals surface area contributed by atoms with Crippen LogP contribution in [0, 0.1) is 0 Å². The molecule has 2 aromatic rings. The van der Waals surface area contributed by atoms with Crippen LogP contribution in [-0.2, 0) is 9.59 Å². The van der Waals surface area contributed by atoms with Crippen LogP contribution in [0.3, 0.4) is 0 Å². The van der Waals surface area contributed by atoms with Crippen LogP contribution in [0.5, 0.6) is 23.0 Å². The third-order valence-electron chi connectivity index (χ3n) is 5.82. The van der Waals surface area contributed by atoms with Crippen molar-refractivity contribution in [1.82, 2.24) is 4.90 Å². The quantitative estimate of drug-likeness (QED) is 0.272. The number of nitrogens with zero attached hydrogens (tertiary/aromatic N) is 1. The molecule has 3 rings (SSSR count). The highest BCUT2D eigenvalue weighted by molar-refractivity contribution is 6.47. The zero-order chi connectivity index (χ0) is 25.9. The molecule has 8 nitrogen and oxygen atoms in total. The molecule has 0 spiro atoms. The number of likely N-dealkylation sites (tertiary alicyclic amines) is 1. The Labute approximate surface area is 213 Å². The Kier molecular flexibility index (Phi) is 8.40. The van der Waals surface area contributed by atoms with Crippen molar-refractivity contribution in [2.75, 3.05) is 35.0 Å². The number of amides is 1. The first-order chi connectivity index (χ1) is 16.8. The lowest BCUT2D eigenvalue weighted by atomic mass is 9.94. The third-order valence-corrected chi connectivity index (χ3v) is 6.44. The minimum absolute atomic E-state index is 0.0137. The van der Waals surface area contributed by atoms with E-state index in [-0.39, 0.29) is 32.7 Å². The summed E-state index contributed by atoms with van der Waals surface area (Å²) in [5.74, 6) is -1.12. The first kappa shape index (κ1) is 26.5. The Morgan fingerprint density at radius 3 is 2.23 bits per heavy atom. The van der Waals surface area contributed by atoms with Crippen LogP contribution in [0.4, 0.5) is 0 Å². The molecular weight excluding hydrogens is 497 g/mol. The lowest BCUT2D eigenvalue weighted by Crippen LogP contribution is -2.30. The first-order valence-corrected chi connectivity index (χ1v) is 11.6. The zero-order valence-corrected chi connectivity index (χ0v) is 21.6. The second-order valence-corrected chi connectivity index (χ2v) is 8.50. The molecule has 0 bridgehead atoms. The van der Waals surface area contributed by atoms with Gasteiger partial charge in [0.2, 0.25) is 0 Å². The average molecular weight is 524 g/mol. The fourth-order valence-electron chi connectivity index (χ4n) is 4.18. The van der Waals surface area contributed by atoms with Gasteiger partial charge >= 0.3 is 0 Å². The molecule has 2 aromatic carbocycles. The van der Waals surface area contributed by atoms with E-state index in [1.165, 1.54) is 39.4 Å². The largest absolute Gasteiger partial charge is 0.507 e. The van der Waals surface area contributed by atoms with Crippen LogP contribution in [0.1, 0.15) is 36.9 Å². The molecule has 1 atom stereocenters. The summed E-state index contributed by atoms with van der Waals surface area (Å²) in [4.78, 5) is 27.9. The lowest BCUT2D eigenvalue weighted by Gasteiger charge is -2.27. The number of hydrogen-bond acceptors (Lipinski definition) is 7. The van der Waals surface area contributed by atoms with Gasteiger partial charge in [-0.25, -0.2) is 0 Å². The van der Waals surface area contributed by atoms with E-state index in [1.807, 2.05) is 6.92 Å². The molecule has 0 aromatic heterocycles. The topological polar surface area (TPSA) is 94.5 Å². The Morgan fingerprint density at radius 1 is 1.00 bits per heavy atom. The maximum atomic E-state index is 13.3. The van der Waals surface area contributed by atoms with Gasteiger partial charge in [-0.05, 0) is 18.6 Å². The van der Waals surface area contributed by atoms with Gasteiger partial charge in [0.15, 0.2) is 23.0 Å². The van der Waals surface area contributed by atoms with Crippen molar-refractivity contribution >= 4 is 40.7 Å². The predicted octanol–water partition coefficient (Wildman–Crippen LogP) is 5.25. The van der Waals surface area contributed by atoms with Gasteiger partial charge in [-0.3, -0.25) is 9.59 Å². The summed E-state index contributed by atoms with van der Waals surface area (Å²) in [5, 5.41) is 11.6. The highest BCUT2D eigenvalue weighted by Gasteiger charge is 2.47. The number of benzene rings is 2. The number of ketones is 1. The van der Waals surface area contributed by atoms with E-state index in [4.69, 9.17) is 42.1 Å². The van der Waals surface area contributed by atoms with Gasteiger partial charge in [0.25, 0.3) is 11.7 Å². The van der Waals surface area contributed by atoms with Crippen molar-refractivity contribution in [3.63, 3.8) is 0 Å². The monoisotopic (exact) mass is 523 g/mol. The molecule has 0 aliphatic carbocycles. The number of carbonyl (C=O) groups is 2. The van der Waals surface area contributed by atoms with Crippen LogP contribution >= 0.6 is 23.2 Å². The van der Waals surface area contributed by atoms with Crippen LogP contribution in [0.2, 0.25) is 10.0 Å². The number of rotatable bonds is 9. The molecule has 1 fully saturated rings. The molecule has 1 heterocycles. The summed E-state index contributed by atoms with van der Waals surface area (Å²) in [5.41, 5.74) is 0.380. The van der Waals surface area contributed by atoms with E-state index in [0.29, 0.717) is 30.0 Å². The summed E-state index contributed by atoms with van der Waals surface area (Å²) < 4.78 is 21.6. The fourth-order valence-corrected chi connectivity index (χ4v) is 4.87. The highest BCUT2D eigenvalue weighted by atomic mass is 35.5. The highest BCUT2D eigenvalue weighted by Crippen LogP contribution is 2.49. The van der Waals surface area contributed by atoms with Crippen molar-refractivity contribution in [3.05, 3.63) is 51.0 Å². The average Bonchev–Trinajstić information content (AvgIpc) is 3.10. The molecule has 1 saturated heterocycles. The lowest BCUT2D eigenvalue weighted by molar-refractivity contribution is -0.139. The second-order valence-electron chi connectivity index (χ2n) is 7.72. The van der Waals surface area contributed by atoms with Crippen molar-refractivity contribution in [3.8, 4) is 23.0 Å². The molecule has 0 saturated carbocycles. The minimum atomic E-state index is -0.948. The molecular formula is C25H27Cl2NO7. The fraction of sp³-hybridized carbons (Fsp3) is 0.360. The Bertz CT molecular complexity index is 1180. The maximum absolute atomic E-state index is 13.3. The third kappa shape index (κ3) is 4.60. The van der Waals surface area contributed by atoms with E-state index in [2.05, 4.69) is 0 Å². The van der Waals surface area contributed by atoms with E-state index in [1.54, 1.807) is 18.2 Å². The van der Waals surface area contributed by atoms with E-state index in [9.17, 15) is 14.7 Å². The van der Waals surface area contributed by atoms with Crippen molar-refractivity contribution in [1.29, 1.82) is 0 Å². The minimum Gasteiger partial charge on any atom is -0.507 e. The van der Waals surface area contributed by atoms with Crippen LogP contribution in [-0.4, -0.2) is 56.7 Å². The Hall–Kier alpha value is -3.10. The number of carbonyl (C=O) groups excluding carboxylic acids is 2. The smallest absolute Gasteiger partial charge is 0.295 e. The number of hydrogen-bond donors (Lipinski definition) is 1. The van der Waals surface area contributed by atoms with Crippen molar-refractivity contribution in [2.24, 2.45) is 0 Å². The van der Waals surface area contributed by atoms with E-state index < -0.39 is 23.5 Å². The molecule has 0 radical (unpaired) electrons. The van der Waals surface area contributed by atoms with Gasteiger partial charge in [0.1, 0.15) is 10.8 Å². The van der Waals surface area contributed by atoms with Gasteiger partial charge in [0.05, 0.1) is 50.6 Å². The number of Topliss-reactive ketones (excluding diaryl/α,β-unsaturated/α-hetero) is 1. The molecule has 1 amide bonds. The number of ether oxygens (including phenoxy) is 4. The summed E-state index contributed by atoms with van der Waals surface area (Å²) in [6, 6.07) is 5.57. The van der Waals surface area contributed by atoms with Gasteiger partial charge in [-0.2, -0.15) is 0 Å². The summed E-state index contributed by atoms with van der Waals surface area (Å²) >= 11 is 12.7. The molecule has 1 aliphatic heterocycles. The summed E-state index contributed by atoms with van der Waals surface area (Å²) in [6.45, 7) is 2.27. The maximum Gasteiger partial charge on any atom is 0.295 e. The van der Waals surface area contributed by atoms with Crippen LogP contribution in [0.15, 0.2) is 29.8 Å². The zero-order valence-electron chi connectivity index (χ0n) is 20.1. The normalized spacial score (nSPS) is 17.0. The molecule has 1 aliphatic rings. The standard InChI is InChI=1S/C25H27Cl2NO7/c1-6-7-11-28-19(13-9-8-10-16(32-2)22(13)33-3)17(21(30)25(28)31)20(29)14-12-15(26)24(35-5)18(27)23(14)34-4/h8-10,12,19,29H,6-7,11H2,1-5H3/b20-17+. The van der Waals surface area contributed by atoms with Gasteiger partial charge in [-0.15, -0.1) is 0 Å². The number of unbranched alkanes of at least 4 members (excludes halogenated alkanes) is 1. The molecule has 1 N–H and O–H groups in total. The van der Waals surface area contributed by atoms with Gasteiger partial charge < -0.3 is 29.0 Å². The van der Waals surface area contributed by atoms with Crippen molar-refractivity contribution in [2.45, 2.75) is 25.8 Å². The molecule has 10 heteroatoms. The Morgan fingerprint density at radius 2 is 1.66 bits per heavy atom. The van der Waals surface area contributed by atoms with Crippen LogP contribution in [0.25, 0.3) is 5.76 Å². The number of para-hydroxylation sites is 1. The SMILES string of the molecule is CCCCN1C(=O)C(=O)/C(=C(/O)c2cc(Cl)c(OC)c(Cl)c2OC)C1c1cccc(OC)c1OC. The summed E-state index contributed by atoms with van der Waals surface area (Å²) in [6.07, 6.45) is 1.45. The van der Waals surface area contributed by atoms with Crippen LogP contribution < -0.4 is 18.9 Å². The number of halogens is 2. The number of methoxy groups -OCH3 is 4. The molecule has 35 heavy (non-hydrogen) atoms. The molecule has 1 unspecified atom stereocenters. The Balaban J connectivity index is 2.36. The van der Waals surface area contributed by atoms with E-state index >= 15 is 0 Å². The predicted molar refractivity (Wildman–Crippen MR) is 133 cm³/mol.